The Kier molecular flexibility index (Phi) is 11.4. The van der Waals surface area contributed by atoms with Crippen molar-refractivity contribution in [2.75, 3.05) is 19.8 Å². The number of carboxylic acid groups (broad SMARTS) is 1. The smallest absolute Gasteiger partial charge is 0.334 e. The van der Waals surface area contributed by atoms with E-state index in [4.69, 9.17) is 13.6 Å². The molecule has 0 atom stereocenters. The van der Waals surface area contributed by atoms with Gasteiger partial charge in [-0.25, -0.2) is 9.59 Å². The van der Waals surface area contributed by atoms with Gasteiger partial charge in [-0.05, 0) is 70.4 Å². The number of aliphatic carboxylic acids is 1. The van der Waals surface area contributed by atoms with E-state index >= 15 is 0 Å². The Bertz CT molecular complexity index is 572. The van der Waals surface area contributed by atoms with Gasteiger partial charge in [0.05, 0.1) is 6.61 Å². The molecule has 0 spiro atoms. The van der Waals surface area contributed by atoms with E-state index in [2.05, 4.69) is 33.1 Å². The normalized spacial score (nSPS) is 15.5. The second-order valence-corrected chi connectivity index (χ2v) is 17.9. The van der Waals surface area contributed by atoms with Gasteiger partial charge in [0.1, 0.15) is 6.61 Å². The lowest BCUT2D eigenvalue weighted by atomic mass is 9.92. The Balaban J connectivity index is 2.24. The first kappa shape index (κ1) is 26.1. The van der Waals surface area contributed by atoms with E-state index < -0.39 is 28.6 Å². The maximum Gasteiger partial charge on any atom is 0.334 e. The Labute approximate surface area is 178 Å². The fraction of sp³-hybridized carbons (Fsp3) is 0.810. The Morgan fingerprint density at radius 2 is 1.48 bits per heavy atom. The van der Waals surface area contributed by atoms with Crippen LogP contribution in [0.25, 0.3) is 0 Å². The monoisotopic (exact) mass is 444 g/mol. The average molecular weight is 445 g/mol. The molecule has 8 heteroatoms. The van der Waals surface area contributed by atoms with Crippen LogP contribution in [0.1, 0.15) is 51.9 Å². The summed E-state index contributed by atoms with van der Waals surface area (Å²) in [5.41, 5.74) is 0.531. The third-order valence-electron chi connectivity index (χ3n) is 5.19. The van der Waals surface area contributed by atoms with Crippen molar-refractivity contribution in [3.63, 3.8) is 0 Å². The lowest BCUT2D eigenvalue weighted by Crippen LogP contribution is -2.44. The van der Waals surface area contributed by atoms with Gasteiger partial charge in [0, 0.05) is 17.8 Å². The van der Waals surface area contributed by atoms with Crippen LogP contribution in [0.5, 0.6) is 0 Å². The zero-order chi connectivity index (χ0) is 21.9. The van der Waals surface area contributed by atoms with Crippen molar-refractivity contribution in [3.8, 4) is 0 Å². The molecule has 0 heterocycles. The number of esters is 1. The van der Waals surface area contributed by atoms with Gasteiger partial charge in [0.25, 0.3) is 0 Å². The lowest BCUT2D eigenvalue weighted by molar-refractivity contribution is -0.142. The quantitative estimate of drug-likeness (QED) is 0.227. The molecule has 29 heavy (non-hydrogen) atoms. The second kappa shape index (κ2) is 12.7. The summed E-state index contributed by atoms with van der Waals surface area (Å²) in [7, 11) is -3.25. The van der Waals surface area contributed by atoms with Crippen molar-refractivity contribution in [2.45, 2.75) is 90.1 Å². The number of unbranched alkanes of at least 4 members (excludes halogenated alkanes) is 1. The topological polar surface area (TPSA) is 82.1 Å². The highest BCUT2D eigenvalue weighted by atomic mass is 28.4. The molecule has 6 nitrogen and oxygen atoms in total. The van der Waals surface area contributed by atoms with Crippen molar-refractivity contribution in [3.05, 3.63) is 11.1 Å². The standard InChI is InChI=1S/C21H40O6Si2/c1-6-7-16-28(2,3)27-29(4,5)17-10-13-25-14-15-26-21(24)19-12-9-8-11-18(19)20(22)23/h6-17H2,1-5H3,(H,22,23). The van der Waals surface area contributed by atoms with E-state index in [0.29, 0.717) is 31.6 Å². The highest BCUT2D eigenvalue weighted by Crippen LogP contribution is 2.26. The van der Waals surface area contributed by atoms with E-state index in [1.807, 2.05) is 0 Å². The van der Waals surface area contributed by atoms with Crippen molar-refractivity contribution in [1.82, 2.24) is 0 Å². The number of ether oxygens (including phenoxy) is 2. The minimum atomic E-state index is -1.68. The number of hydrogen-bond acceptors (Lipinski definition) is 5. The summed E-state index contributed by atoms with van der Waals surface area (Å²) in [6.07, 6.45) is 5.97. The zero-order valence-corrected chi connectivity index (χ0v) is 21.0. The Morgan fingerprint density at radius 1 is 0.897 bits per heavy atom. The predicted octanol–water partition coefficient (Wildman–Crippen LogP) is 5.12. The maximum absolute atomic E-state index is 12.1. The minimum Gasteiger partial charge on any atom is -0.478 e. The van der Waals surface area contributed by atoms with Crippen LogP contribution in [0.2, 0.25) is 38.3 Å². The number of carbonyl (C=O) groups is 2. The van der Waals surface area contributed by atoms with Crippen LogP contribution in [-0.2, 0) is 23.2 Å². The SMILES string of the molecule is CCCC[Si](C)(C)O[Si](C)(C)CCCOCCOC(=O)C1=C(C(=O)O)CCCC1. The molecule has 0 fully saturated rings. The molecule has 0 saturated heterocycles. The third-order valence-corrected chi connectivity index (χ3v) is 12.7. The molecule has 0 aliphatic heterocycles. The molecule has 1 N–H and O–H groups in total. The summed E-state index contributed by atoms with van der Waals surface area (Å²) >= 11 is 0. The summed E-state index contributed by atoms with van der Waals surface area (Å²) in [6, 6.07) is 2.28. The van der Waals surface area contributed by atoms with Crippen molar-refractivity contribution in [1.29, 1.82) is 0 Å². The van der Waals surface area contributed by atoms with Crippen LogP contribution in [0.4, 0.5) is 0 Å². The van der Waals surface area contributed by atoms with Crippen molar-refractivity contribution < 1.29 is 28.3 Å². The number of hydrogen-bond donors (Lipinski definition) is 1. The summed E-state index contributed by atoms with van der Waals surface area (Å²) in [6.45, 7) is 12.5. The number of carboxylic acids is 1. The van der Waals surface area contributed by atoms with Gasteiger partial charge in [0.15, 0.2) is 16.6 Å². The average Bonchev–Trinajstić information content (AvgIpc) is 2.64. The molecule has 168 valence electrons. The molecule has 0 unspecified atom stereocenters. The summed E-state index contributed by atoms with van der Waals surface area (Å²) in [5, 5.41) is 9.21. The van der Waals surface area contributed by atoms with Gasteiger partial charge in [-0.2, -0.15) is 0 Å². The summed E-state index contributed by atoms with van der Waals surface area (Å²) in [4.78, 5) is 23.4. The van der Waals surface area contributed by atoms with Crippen LogP contribution >= 0.6 is 0 Å². The predicted molar refractivity (Wildman–Crippen MR) is 120 cm³/mol. The van der Waals surface area contributed by atoms with E-state index in [1.165, 1.54) is 18.9 Å². The van der Waals surface area contributed by atoms with E-state index in [0.717, 1.165) is 25.3 Å². The summed E-state index contributed by atoms with van der Waals surface area (Å²) in [5.74, 6) is -1.52. The molecule has 0 aromatic heterocycles. The molecule has 1 aliphatic rings. The van der Waals surface area contributed by atoms with Crippen LogP contribution in [0.15, 0.2) is 11.1 Å². The van der Waals surface area contributed by atoms with E-state index in [9.17, 15) is 14.7 Å². The number of carbonyl (C=O) groups excluding carboxylic acids is 1. The fourth-order valence-electron chi connectivity index (χ4n) is 3.80. The molecule has 0 bridgehead atoms. The molecule has 0 aromatic rings. The van der Waals surface area contributed by atoms with Gasteiger partial charge >= 0.3 is 11.9 Å². The van der Waals surface area contributed by atoms with Gasteiger partial charge in [-0.1, -0.05) is 19.8 Å². The van der Waals surface area contributed by atoms with E-state index in [1.54, 1.807) is 0 Å². The van der Waals surface area contributed by atoms with E-state index in [-0.39, 0.29) is 12.2 Å². The zero-order valence-electron chi connectivity index (χ0n) is 19.0. The van der Waals surface area contributed by atoms with Crippen molar-refractivity contribution in [2.24, 2.45) is 0 Å². The molecular weight excluding hydrogens is 404 g/mol. The van der Waals surface area contributed by atoms with Gasteiger partial charge < -0.3 is 18.7 Å². The van der Waals surface area contributed by atoms with Crippen molar-refractivity contribution >= 4 is 28.6 Å². The van der Waals surface area contributed by atoms with Crippen LogP contribution in [0, 0.1) is 0 Å². The summed E-state index contributed by atoms with van der Waals surface area (Å²) < 4.78 is 17.4. The first-order valence-corrected chi connectivity index (χ1v) is 17.2. The lowest BCUT2D eigenvalue weighted by Gasteiger charge is -2.34. The highest BCUT2D eigenvalue weighted by Gasteiger charge is 2.32. The second-order valence-electron chi connectivity index (χ2n) is 9.05. The van der Waals surface area contributed by atoms with Crippen LogP contribution in [0.3, 0.4) is 0 Å². The number of rotatable bonds is 14. The Hall–Kier alpha value is -0.966. The molecule has 0 saturated carbocycles. The van der Waals surface area contributed by atoms with Gasteiger partial charge in [-0.3, -0.25) is 0 Å². The largest absolute Gasteiger partial charge is 0.478 e. The maximum atomic E-state index is 12.1. The molecular formula is C21H40O6Si2. The third kappa shape index (κ3) is 10.6. The van der Waals surface area contributed by atoms with Gasteiger partial charge in [-0.15, -0.1) is 0 Å². The van der Waals surface area contributed by atoms with Crippen LogP contribution < -0.4 is 0 Å². The first-order valence-electron chi connectivity index (χ1n) is 11.0. The molecule has 1 aliphatic carbocycles. The first-order chi connectivity index (χ1) is 13.6. The molecule has 0 radical (unpaired) electrons. The highest BCUT2D eigenvalue weighted by molar-refractivity contribution is 6.84. The molecule has 1 rings (SSSR count). The minimum absolute atomic E-state index is 0.156. The Morgan fingerprint density at radius 3 is 2.07 bits per heavy atom. The van der Waals surface area contributed by atoms with Crippen LogP contribution in [-0.4, -0.2) is 53.5 Å². The van der Waals surface area contributed by atoms with Gasteiger partial charge in [0.2, 0.25) is 0 Å². The molecule has 0 aromatic carbocycles. The fourth-order valence-corrected chi connectivity index (χ4v) is 12.8. The molecule has 0 amide bonds.